The number of alkyl carbamates (subject to hydrolysis) is 1. The minimum Gasteiger partial charge on any atom is -0.445 e. The summed E-state index contributed by atoms with van der Waals surface area (Å²) in [6, 6.07) is 9.42. The van der Waals surface area contributed by atoms with Crippen molar-refractivity contribution < 1.29 is 23.6 Å². The highest BCUT2D eigenvalue weighted by Gasteiger charge is 2.68. The first-order chi connectivity index (χ1) is 15.6. The second-order valence-electron chi connectivity index (χ2n) is 11.1. The maximum absolute atomic E-state index is 12.6. The molecule has 0 spiro atoms. The van der Waals surface area contributed by atoms with Gasteiger partial charge in [-0.25, -0.2) is 4.79 Å². The number of ether oxygens (including phenoxy) is 1. The number of carbonyl (C=O) groups is 2. The van der Waals surface area contributed by atoms with E-state index in [9.17, 15) is 9.59 Å². The van der Waals surface area contributed by atoms with Crippen LogP contribution in [0.25, 0.3) is 0 Å². The van der Waals surface area contributed by atoms with Crippen LogP contribution in [0.2, 0.25) is 0 Å². The van der Waals surface area contributed by atoms with Gasteiger partial charge in [0, 0.05) is 0 Å². The summed E-state index contributed by atoms with van der Waals surface area (Å²) < 4.78 is 18.1. The van der Waals surface area contributed by atoms with Crippen molar-refractivity contribution in [1.82, 2.24) is 10.6 Å². The second kappa shape index (κ2) is 9.30. The quantitative estimate of drug-likeness (QED) is 0.583. The molecule has 180 valence electrons. The van der Waals surface area contributed by atoms with Crippen LogP contribution in [0.1, 0.15) is 59.4 Å². The van der Waals surface area contributed by atoms with Gasteiger partial charge in [-0.2, -0.15) is 0 Å². The molecule has 7 nitrogen and oxygen atoms in total. The van der Waals surface area contributed by atoms with Gasteiger partial charge in [-0.1, -0.05) is 58.0 Å². The van der Waals surface area contributed by atoms with E-state index in [4.69, 9.17) is 14.0 Å². The maximum Gasteiger partial charge on any atom is 0.481 e. The molecule has 5 atom stereocenters. The smallest absolute Gasteiger partial charge is 0.445 e. The molecule has 2 N–H and O–H groups in total. The summed E-state index contributed by atoms with van der Waals surface area (Å²) in [4.78, 5) is 24.6. The Morgan fingerprint density at radius 1 is 1.18 bits per heavy atom. The first-order valence-electron chi connectivity index (χ1n) is 12.2. The van der Waals surface area contributed by atoms with Crippen LogP contribution in [-0.4, -0.2) is 43.3 Å². The molecule has 4 fully saturated rings. The molecule has 3 aliphatic carbocycles. The first-order valence-corrected chi connectivity index (χ1v) is 12.2. The molecule has 1 saturated heterocycles. The van der Waals surface area contributed by atoms with Crippen LogP contribution in [0.3, 0.4) is 0 Å². The summed E-state index contributed by atoms with van der Waals surface area (Å²) in [6.07, 6.45) is 2.37. The average Bonchev–Trinajstić information content (AvgIpc) is 3.13. The van der Waals surface area contributed by atoms with Gasteiger partial charge >= 0.3 is 13.2 Å². The van der Waals surface area contributed by atoms with Crippen molar-refractivity contribution in [3.8, 4) is 0 Å². The monoisotopic (exact) mass is 456 g/mol. The molecule has 0 unspecified atom stereocenters. The number of rotatable bonds is 8. The van der Waals surface area contributed by atoms with Gasteiger partial charge in [-0.15, -0.1) is 0 Å². The van der Waals surface area contributed by atoms with Crippen molar-refractivity contribution in [2.75, 3.05) is 6.54 Å². The Morgan fingerprint density at radius 3 is 2.58 bits per heavy atom. The normalized spacial score (nSPS) is 30.2. The zero-order valence-electron chi connectivity index (χ0n) is 20.4. The lowest BCUT2D eigenvalue weighted by molar-refractivity contribution is -0.199. The molecule has 2 amide bonds. The molecule has 1 aromatic carbocycles. The predicted octanol–water partition coefficient (Wildman–Crippen LogP) is 3.71. The molecule has 1 heterocycles. The molecular weight excluding hydrogens is 419 g/mol. The number of carbonyl (C=O) groups excluding carboxylic acids is 2. The number of benzene rings is 1. The number of hydrogen-bond acceptors (Lipinski definition) is 5. The van der Waals surface area contributed by atoms with Crippen LogP contribution in [0.15, 0.2) is 30.3 Å². The molecule has 2 bridgehead atoms. The van der Waals surface area contributed by atoms with E-state index in [1.165, 1.54) is 6.42 Å². The third kappa shape index (κ3) is 4.92. The van der Waals surface area contributed by atoms with Crippen LogP contribution < -0.4 is 10.6 Å². The van der Waals surface area contributed by atoms with Gasteiger partial charge in [0.25, 0.3) is 0 Å². The Morgan fingerprint density at radius 2 is 1.91 bits per heavy atom. The van der Waals surface area contributed by atoms with Crippen LogP contribution in [0.5, 0.6) is 0 Å². The average molecular weight is 456 g/mol. The molecule has 0 radical (unpaired) electrons. The van der Waals surface area contributed by atoms with E-state index in [1.54, 1.807) is 0 Å². The SMILES string of the molecule is CC(C)C[C@H](NC(=O)CNC(=O)OCc1ccccc1)B1O[C@@H]2C[C@@H]3C[C@@H](C3(C)C)[C@]2(C)O1. The second-order valence-corrected chi connectivity index (χ2v) is 11.1. The molecule has 3 saturated carbocycles. The summed E-state index contributed by atoms with van der Waals surface area (Å²) in [7, 11) is -0.480. The summed E-state index contributed by atoms with van der Waals surface area (Å²) >= 11 is 0. The fourth-order valence-electron chi connectivity index (χ4n) is 6.00. The van der Waals surface area contributed by atoms with Gasteiger partial charge in [-0.05, 0) is 54.9 Å². The van der Waals surface area contributed by atoms with Crippen LogP contribution in [-0.2, 0) is 25.4 Å². The van der Waals surface area contributed by atoms with E-state index in [1.807, 2.05) is 30.3 Å². The molecule has 1 aromatic rings. The third-order valence-corrected chi connectivity index (χ3v) is 7.98. The van der Waals surface area contributed by atoms with Crippen molar-refractivity contribution in [1.29, 1.82) is 0 Å². The zero-order chi connectivity index (χ0) is 23.8. The van der Waals surface area contributed by atoms with Gasteiger partial charge in [0.1, 0.15) is 6.61 Å². The number of amides is 2. The van der Waals surface area contributed by atoms with Crippen LogP contribution in [0.4, 0.5) is 4.79 Å². The minimum atomic E-state index is -0.622. The van der Waals surface area contributed by atoms with Gasteiger partial charge < -0.3 is 24.7 Å². The highest BCUT2D eigenvalue weighted by Crippen LogP contribution is 2.65. The van der Waals surface area contributed by atoms with E-state index in [0.717, 1.165) is 18.4 Å². The highest BCUT2D eigenvalue weighted by atomic mass is 16.7. The van der Waals surface area contributed by atoms with Crippen molar-refractivity contribution in [3.05, 3.63) is 35.9 Å². The van der Waals surface area contributed by atoms with E-state index < -0.39 is 13.2 Å². The fourth-order valence-corrected chi connectivity index (χ4v) is 6.00. The highest BCUT2D eigenvalue weighted by molar-refractivity contribution is 6.47. The molecule has 8 heteroatoms. The molecule has 1 aliphatic heterocycles. The lowest BCUT2D eigenvalue weighted by Gasteiger charge is -2.64. The van der Waals surface area contributed by atoms with Crippen molar-refractivity contribution in [3.63, 3.8) is 0 Å². The lowest BCUT2D eigenvalue weighted by Crippen LogP contribution is -2.65. The lowest BCUT2D eigenvalue weighted by atomic mass is 9.43. The summed E-state index contributed by atoms with van der Waals surface area (Å²) in [5, 5.41) is 5.57. The third-order valence-electron chi connectivity index (χ3n) is 7.98. The Kier molecular flexibility index (Phi) is 6.79. The Labute approximate surface area is 197 Å². The van der Waals surface area contributed by atoms with Gasteiger partial charge in [0.15, 0.2) is 0 Å². The van der Waals surface area contributed by atoms with Crippen LogP contribution in [0, 0.1) is 23.2 Å². The topological polar surface area (TPSA) is 85.9 Å². The summed E-state index contributed by atoms with van der Waals surface area (Å²) in [5.41, 5.74) is 0.841. The molecular formula is C25H37BN2O5. The van der Waals surface area contributed by atoms with E-state index in [-0.39, 0.29) is 42.1 Å². The van der Waals surface area contributed by atoms with E-state index in [2.05, 4.69) is 45.3 Å². The minimum absolute atomic E-state index is 0.0666. The Bertz CT molecular complexity index is 864. The molecule has 0 aromatic heterocycles. The molecule has 5 rings (SSSR count). The van der Waals surface area contributed by atoms with E-state index in [0.29, 0.717) is 17.8 Å². The largest absolute Gasteiger partial charge is 0.481 e. The van der Waals surface area contributed by atoms with Crippen molar-refractivity contribution in [2.24, 2.45) is 23.2 Å². The standard InChI is InChI=1S/C25H37BN2O5/c1-16(2)11-21(26-32-20-13-18-12-19(24(18,3)4)25(20,5)33-26)28-22(29)14-27-23(30)31-15-17-9-7-6-8-10-17/h6-10,16,18-21H,11-15H2,1-5H3,(H,27,30)(H,28,29)/t18-,19-,20+,21-,25-/m0/s1. The zero-order valence-corrected chi connectivity index (χ0v) is 20.4. The fraction of sp³-hybridized carbons (Fsp3) is 0.680. The number of nitrogens with one attached hydrogen (secondary N) is 2. The van der Waals surface area contributed by atoms with Crippen molar-refractivity contribution >= 4 is 19.1 Å². The summed E-state index contributed by atoms with van der Waals surface area (Å²) in [6.45, 7) is 11.1. The maximum atomic E-state index is 12.6. The molecule has 33 heavy (non-hydrogen) atoms. The summed E-state index contributed by atoms with van der Waals surface area (Å²) in [5.74, 6) is 0.936. The van der Waals surface area contributed by atoms with Gasteiger partial charge in [-0.3, -0.25) is 4.79 Å². The Balaban J connectivity index is 1.30. The predicted molar refractivity (Wildman–Crippen MR) is 126 cm³/mol. The van der Waals surface area contributed by atoms with Crippen LogP contribution >= 0.6 is 0 Å². The van der Waals surface area contributed by atoms with Crippen molar-refractivity contribution in [2.45, 2.75) is 78.1 Å². The first kappa shape index (κ1) is 24.1. The van der Waals surface area contributed by atoms with E-state index >= 15 is 0 Å². The van der Waals surface area contributed by atoms with Gasteiger partial charge in [0.2, 0.25) is 5.91 Å². The Hall–Kier alpha value is -2.06. The van der Waals surface area contributed by atoms with Gasteiger partial charge in [0.05, 0.1) is 24.2 Å². The number of hydrogen-bond donors (Lipinski definition) is 2. The molecule has 4 aliphatic rings.